The number of hydrogen-bond acceptors (Lipinski definition) is 7. The van der Waals surface area contributed by atoms with Crippen LogP contribution in [0.1, 0.15) is 53.5 Å². The fraction of sp³-hybridized carbons (Fsp3) is 0.400. The van der Waals surface area contributed by atoms with Gasteiger partial charge in [0.2, 0.25) is 0 Å². The molecule has 1 N–H and O–H groups in total. The Bertz CT molecular complexity index is 1100. The topological polar surface area (TPSA) is 116 Å². The molecule has 184 valence electrons. The van der Waals surface area contributed by atoms with Crippen LogP contribution in [0.15, 0.2) is 53.4 Å². The lowest BCUT2D eigenvalue weighted by Gasteiger charge is -2.19. The van der Waals surface area contributed by atoms with Gasteiger partial charge in [0.1, 0.15) is 12.2 Å². The Morgan fingerprint density at radius 2 is 1.50 bits per heavy atom. The van der Waals surface area contributed by atoms with Crippen molar-refractivity contribution in [2.45, 2.75) is 44.6 Å². The Labute approximate surface area is 200 Å². The summed E-state index contributed by atoms with van der Waals surface area (Å²) in [6, 6.07) is 12.5. The van der Waals surface area contributed by atoms with Crippen LogP contribution in [-0.4, -0.2) is 57.2 Å². The molecule has 0 radical (unpaired) electrons. The number of amides is 1. The first-order chi connectivity index (χ1) is 15.9. The zero-order chi connectivity index (χ0) is 25.4. The minimum Gasteiger partial charge on any atom is -0.458 e. The summed E-state index contributed by atoms with van der Waals surface area (Å²) >= 11 is 0. The standard InChI is InChI=1S/C25H31NO7S/c1-18-5-11-21(12-6-18)34(30,31)16-13-22(27)19-7-9-20(10-8-19)24(29)26-14-15-32-17-23(28)33-25(2,3)4/h5-12H,13-17H2,1-4H3,(H,26,29). The molecule has 0 aliphatic carbocycles. The molecule has 0 aliphatic rings. The van der Waals surface area contributed by atoms with Crippen molar-refractivity contribution in [1.29, 1.82) is 0 Å². The van der Waals surface area contributed by atoms with Crippen LogP contribution in [0.5, 0.6) is 0 Å². The maximum absolute atomic E-state index is 12.4. The third-order valence-electron chi connectivity index (χ3n) is 4.62. The van der Waals surface area contributed by atoms with Gasteiger partial charge in [0, 0.05) is 24.1 Å². The highest BCUT2D eigenvalue weighted by molar-refractivity contribution is 7.91. The predicted octanol–water partition coefficient (Wildman–Crippen LogP) is 3.13. The molecular weight excluding hydrogens is 458 g/mol. The molecule has 1 amide bonds. The Balaban J connectivity index is 1.78. The molecule has 2 aromatic carbocycles. The number of ether oxygens (including phenoxy) is 2. The monoisotopic (exact) mass is 489 g/mol. The van der Waals surface area contributed by atoms with Crippen molar-refractivity contribution in [3.05, 3.63) is 65.2 Å². The van der Waals surface area contributed by atoms with E-state index in [9.17, 15) is 22.8 Å². The van der Waals surface area contributed by atoms with Gasteiger partial charge in [-0.1, -0.05) is 29.8 Å². The average molecular weight is 490 g/mol. The van der Waals surface area contributed by atoms with Gasteiger partial charge < -0.3 is 14.8 Å². The summed E-state index contributed by atoms with van der Waals surface area (Å²) in [6.45, 7) is 7.27. The molecule has 9 heteroatoms. The summed E-state index contributed by atoms with van der Waals surface area (Å²) in [5.74, 6) is -1.45. The van der Waals surface area contributed by atoms with Gasteiger partial charge in [0.25, 0.3) is 5.91 Å². The fourth-order valence-corrected chi connectivity index (χ4v) is 4.15. The highest BCUT2D eigenvalue weighted by Crippen LogP contribution is 2.15. The Morgan fingerprint density at radius 3 is 2.09 bits per heavy atom. The second-order valence-corrected chi connectivity index (χ2v) is 10.9. The summed E-state index contributed by atoms with van der Waals surface area (Å²) in [5.41, 5.74) is 1.04. The number of ketones is 1. The second-order valence-electron chi connectivity index (χ2n) is 8.78. The molecule has 0 aliphatic heterocycles. The molecule has 0 bridgehead atoms. The molecule has 8 nitrogen and oxygen atoms in total. The summed E-state index contributed by atoms with van der Waals surface area (Å²) in [7, 11) is -3.56. The molecule has 0 saturated carbocycles. The van der Waals surface area contributed by atoms with Crippen molar-refractivity contribution in [2.75, 3.05) is 25.5 Å². The van der Waals surface area contributed by atoms with Crippen molar-refractivity contribution in [3.8, 4) is 0 Å². The molecule has 2 aromatic rings. The van der Waals surface area contributed by atoms with E-state index < -0.39 is 21.4 Å². The molecule has 0 spiro atoms. The van der Waals surface area contributed by atoms with E-state index in [1.807, 2.05) is 6.92 Å². The third kappa shape index (κ3) is 9.07. The largest absolute Gasteiger partial charge is 0.458 e. The van der Waals surface area contributed by atoms with Crippen LogP contribution in [0.4, 0.5) is 0 Å². The SMILES string of the molecule is Cc1ccc(S(=O)(=O)CCC(=O)c2ccc(C(=O)NCCOCC(=O)OC(C)(C)C)cc2)cc1. The highest BCUT2D eigenvalue weighted by atomic mass is 32.2. The van der Waals surface area contributed by atoms with Crippen molar-refractivity contribution in [3.63, 3.8) is 0 Å². The minimum absolute atomic E-state index is 0.136. The minimum atomic E-state index is -3.56. The fourth-order valence-electron chi connectivity index (χ4n) is 2.91. The Morgan fingerprint density at radius 1 is 0.912 bits per heavy atom. The van der Waals surface area contributed by atoms with Crippen molar-refractivity contribution in [1.82, 2.24) is 5.32 Å². The van der Waals surface area contributed by atoms with E-state index in [2.05, 4.69) is 5.32 Å². The maximum atomic E-state index is 12.4. The molecular formula is C25H31NO7S. The van der Waals surface area contributed by atoms with E-state index in [1.165, 1.54) is 36.4 Å². The molecule has 34 heavy (non-hydrogen) atoms. The van der Waals surface area contributed by atoms with Crippen LogP contribution >= 0.6 is 0 Å². The summed E-state index contributed by atoms with van der Waals surface area (Å²) in [4.78, 5) is 36.4. The number of carbonyl (C=O) groups excluding carboxylic acids is 3. The molecule has 0 unspecified atom stereocenters. The lowest BCUT2D eigenvalue weighted by molar-refractivity contribution is -0.160. The molecule has 2 rings (SSSR count). The van der Waals surface area contributed by atoms with Gasteiger partial charge in [-0.25, -0.2) is 13.2 Å². The van der Waals surface area contributed by atoms with Crippen molar-refractivity contribution >= 4 is 27.5 Å². The van der Waals surface area contributed by atoms with Crippen LogP contribution in [0.2, 0.25) is 0 Å². The number of rotatable bonds is 11. The number of carbonyl (C=O) groups is 3. The van der Waals surface area contributed by atoms with Crippen molar-refractivity contribution < 1.29 is 32.3 Å². The van der Waals surface area contributed by atoms with Crippen LogP contribution < -0.4 is 5.32 Å². The Kier molecular flexibility index (Phi) is 9.52. The quantitative estimate of drug-likeness (QED) is 0.293. The number of nitrogens with one attached hydrogen (secondary N) is 1. The normalized spacial score (nSPS) is 11.6. The molecule has 0 aromatic heterocycles. The molecule has 0 fully saturated rings. The predicted molar refractivity (Wildman–Crippen MR) is 128 cm³/mol. The summed E-state index contributed by atoms with van der Waals surface area (Å²) < 4.78 is 35.2. The number of Topliss-reactive ketones (excluding diaryl/α,β-unsaturated/α-hetero) is 1. The Hall–Kier alpha value is -3.04. The first kappa shape index (κ1) is 27.2. The molecule has 0 atom stereocenters. The second kappa shape index (κ2) is 11.9. The van der Waals surface area contributed by atoms with E-state index in [4.69, 9.17) is 9.47 Å². The lowest BCUT2D eigenvalue weighted by Crippen LogP contribution is -2.30. The van der Waals surface area contributed by atoms with E-state index >= 15 is 0 Å². The van der Waals surface area contributed by atoms with Gasteiger partial charge in [-0.3, -0.25) is 9.59 Å². The van der Waals surface area contributed by atoms with Gasteiger partial charge in [-0.2, -0.15) is 0 Å². The van der Waals surface area contributed by atoms with E-state index in [0.29, 0.717) is 11.1 Å². The third-order valence-corrected chi connectivity index (χ3v) is 6.35. The maximum Gasteiger partial charge on any atom is 0.332 e. The van der Waals surface area contributed by atoms with E-state index in [1.54, 1.807) is 32.9 Å². The number of aryl methyl sites for hydroxylation is 1. The van der Waals surface area contributed by atoms with Gasteiger partial charge in [-0.15, -0.1) is 0 Å². The summed E-state index contributed by atoms with van der Waals surface area (Å²) in [5, 5.41) is 2.66. The zero-order valence-corrected chi connectivity index (χ0v) is 20.7. The molecule has 0 heterocycles. The van der Waals surface area contributed by atoms with E-state index in [-0.39, 0.29) is 48.5 Å². The van der Waals surface area contributed by atoms with Gasteiger partial charge in [-0.05, 0) is 52.0 Å². The number of esters is 1. The van der Waals surface area contributed by atoms with Crippen LogP contribution in [0.3, 0.4) is 0 Å². The van der Waals surface area contributed by atoms with Crippen molar-refractivity contribution in [2.24, 2.45) is 0 Å². The summed E-state index contributed by atoms with van der Waals surface area (Å²) in [6.07, 6.45) is -0.156. The van der Waals surface area contributed by atoms with Gasteiger partial charge in [0.05, 0.1) is 17.3 Å². The van der Waals surface area contributed by atoms with E-state index in [0.717, 1.165) is 5.56 Å². The number of benzene rings is 2. The smallest absolute Gasteiger partial charge is 0.332 e. The van der Waals surface area contributed by atoms with Crippen LogP contribution in [0, 0.1) is 6.92 Å². The first-order valence-corrected chi connectivity index (χ1v) is 12.5. The van der Waals surface area contributed by atoms with Gasteiger partial charge >= 0.3 is 5.97 Å². The average Bonchev–Trinajstić information content (AvgIpc) is 2.76. The van der Waals surface area contributed by atoms with Gasteiger partial charge in [0.15, 0.2) is 15.6 Å². The zero-order valence-electron chi connectivity index (χ0n) is 19.9. The number of hydrogen-bond donors (Lipinski definition) is 1. The highest BCUT2D eigenvalue weighted by Gasteiger charge is 2.18. The molecule has 0 saturated heterocycles. The van der Waals surface area contributed by atoms with Crippen LogP contribution in [0.25, 0.3) is 0 Å². The lowest BCUT2D eigenvalue weighted by atomic mass is 10.1. The number of sulfone groups is 1. The first-order valence-electron chi connectivity index (χ1n) is 10.9. The van der Waals surface area contributed by atoms with Crippen LogP contribution in [-0.2, 0) is 24.1 Å².